The molecule has 2 aromatic rings. The van der Waals surface area contributed by atoms with Gasteiger partial charge in [-0.3, -0.25) is 4.90 Å². The second kappa shape index (κ2) is 9.04. The first kappa shape index (κ1) is 20.7. The van der Waals surface area contributed by atoms with Crippen molar-refractivity contribution in [3.8, 4) is 16.9 Å². The van der Waals surface area contributed by atoms with Crippen molar-refractivity contribution in [2.24, 2.45) is 5.92 Å². The van der Waals surface area contributed by atoms with Crippen molar-refractivity contribution in [1.29, 1.82) is 0 Å². The van der Waals surface area contributed by atoms with Gasteiger partial charge >= 0.3 is 0 Å². The van der Waals surface area contributed by atoms with Gasteiger partial charge in [0.15, 0.2) is 9.84 Å². The summed E-state index contributed by atoms with van der Waals surface area (Å²) < 4.78 is 35.0. The molecule has 2 aliphatic heterocycles. The van der Waals surface area contributed by atoms with Crippen LogP contribution in [-0.4, -0.2) is 57.7 Å². The van der Waals surface area contributed by atoms with Crippen molar-refractivity contribution < 1.29 is 17.9 Å². The molecule has 2 saturated heterocycles. The number of hydrogen-bond acceptors (Lipinski definition) is 5. The molecule has 1 atom stereocenters. The highest BCUT2D eigenvalue weighted by Gasteiger charge is 2.28. The fraction of sp³-hybridized carbons (Fsp3) is 0.455. The predicted octanol–water partition coefficient (Wildman–Crippen LogP) is 3.65. The summed E-state index contributed by atoms with van der Waals surface area (Å²) in [6.07, 6.45) is 0.679. The molecular formula is C22H26ClNO4S. The Hall–Kier alpha value is -1.60. The second-order valence-electron chi connectivity index (χ2n) is 7.77. The van der Waals surface area contributed by atoms with Crippen LogP contribution in [-0.2, 0) is 21.1 Å². The lowest BCUT2D eigenvalue weighted by Crippen LogP contribution is -2.35. The minimum atomic E-state index is -2.90. The summed E-state index contributed by atoms with van der Waals surface area (Å²) in [7, 11) is -2.90. The van der Waals surface area contributed by atoms with Crippen LogP contribution in [0.4, 0.5) is 0 Å². The third-order valence-electron chi connectivity index (χ3n) is 5.54. The van der Waals surface area contributed by atoms with Crippen LogP contribution < -0.4 is 4.74 Å². The van der Waals surface area contributed by atoms with E-state index in [1.807, 2.05) is 36.4 Å². The van der Waals surface area contributed by atoms with Gasteiger partial charge in [-0.05, 0) is 30.2 Å². The number of ether oxygens (including phenoxy) is 2. The van der Waals surface area contributed by atoms with Crippen LogP contribution >= 0.6 is 11.6 Å². The van der Waals surface area contributed by atoms with E-state index in [0.717, 1.165) is 60.3 Å². The topological polar surface area (TPSA) is 55.8 Å². The molecule has 7 heteroatoms. The van der Waals surface area contributed by atoms with E-state index in [-0.39, 0.29) is 17.4 Å². The maximum absolute atomic E-state index is 11.7. The normalized spacial score (nSPS) is 21.9. The summed E-state index contributed by atoms with van der Waals surface area (Å²) in [5, 5.41) is 0.717. The molecule has 2 heterocycles. The lowest BCUT2D eigenvalue weighted by Gasteiger charge is -2.27. The summed E-state index contributed by atoms with van der Waals surface area (Å²) in [5.74, 6) is 1.38. The Labute approximate surface area is 177 Å². The molecule has 0 aliphatic carbocycles. The monoisotopic (exact) mass is 435 g/mol. The molecule has 29 heavy (non-hydrogen) atoms. The maximum Gasteiger partial charge on any atom is 0.150 e. The molecular weight excluding hydrogens is 410 g/mol. The highest BCUT2D eigenvalue weighted by Crippen LogP contribution is 2.32. The summed E-state index contributed by atoms with van der Waals surface area (Å²) in [6, 6.07) is 13.9. The zero-order chi connectivity index (χ0) is 20.3. The number of morpholine rings is 1. The van der Waals surface area contributed by atoms with Gasteiger partial charge in [0, 0.05) is 41.7 Å². The first-order valence-electron chi connectivity index (χ1n) is 10.0. The smallest absolute Gasteiger partial charge is 0.150 e. The molecule has 2 aromatic carbocycles. The van der Waals surface area contributed by atoms with E-state index in [9.17, 15) is 8.42 Å². The number of benzene rings is 2. The summed E-state index contributed by atoms with van der Waals surface area (Å²) in [5.41, 5.74) is 3.13. The Bertz CT molecular complexity index is 957. The fourth-order valence-corrected chi connectivity index (χ4v) is 6.00. The molecule has 156 valence electrons. The predicted molar refractivity (Wildman–Crippen MR) is 115 cm³/mol. The van der Waals surface area contributed by atoms with Crippen LogP contribution in [0.2, 0.25) is 5.02 Å². The minimum absolute atomic E-state index is 0.0690. The highest BCUT2D eigenvalue weighted by molar-refractivity contribution is 7.91. The first-order chi connectivity index (χ1) is 14.0. The number of rotatable bonds is 6. The van der Waals surface area contributed by atoms with E-state index in [1.54, 1.807) is 0 Å². The molecule has 0 spiro atoms. The number of hydrogen-bond donors (Lipinski definition) is 0. The first-order valence-corrected chi connectivity index (χ1v) is 12.2. The van der Waals surface area contributed by atoms with E-state index in [1.165, 1.54) is 0 Å². The van der Waals surface area contributed by atoms with Crippen LogP contribution in [0, 0.1) is 5.92 Å². The molecule has 2 fully saturated rings. The minimum Gasteiger partial charge on any atom is -0.493 e. The average Bonchev–Trinajstić information content (AvgIpc) is 3.07. The van der Waals surface area contributed by atoms with Gasteiger partial charge in [0.25, 0.3) is 0 Å². The molecule has 2 aliphatic rings. The van der Waals surface area contributed by atoms with Crippen LogP contribution in [0.15, 0.2) is 42.5 Å². The van der Waals surface area contributed by atoms with Gasteiger partial charge in [0.1, 0.15) is 5.75 Å². The van der Waals surface area contributed by atoms with Crippen molar-refractivity contribution in [2.45, 2.75) is 13.0 Å². The van der Waals surface area contributed by atoms with Gasteiger partial charge in [-0.15, -0.1) is 0 Å². The van der Waals surface area contributed by atoms with Gasteiger partial charge in [0.2, 0.25) is 0 Å². The molecule has 0 radical (unpaired) electrons. The lowest BCUT2D eigenvalue weighted by atomic mass is 10.0. The number of sulfone groups is 1. The van der Waals surface area contributed by atoms with E-state index >= 15 is 0 Å². The average molecular weight is 436 g/mol. The molecule has 4 rings (SSSR count). The Morgan fingerprint density at radius 3 is 2.66 bits per heavy atom. The molecule has 0 aromatic heterocycles. The van der Waals surface area contributed by atoms with Crippen molar-refractivity contribution in [1.82, 2.24) is 4.90 Å². The van der Waals surface area contributed by atoms with Crippen LogP contribution in [0.1, 0.15) is 12.0 Å². The second-order valence-corrected chi connectivity index (χ2v) is 10.4. The summed E-state index contributed by atoms with van der Waals surface area (Å²) in [6.45, 7) is 4.44. The Morgan fingerprint density at radius 2 is 1.93 bits per heavy atom. The number of halogens is 1. The standard InChI is InChI=1S/C22H26ClNO4S/c23-21-4-2-1-3-20(21)18-5-6-22(28-15-17-7-12-29(25,26)16-17)19(13-18)14-24-8-10-27-11-9-24/h1-6,13,17H,7-12,14-16H2. The third-order valence-corrected chi connectivity index (χ3v) is 7.71. The molecule has 0 amide bonds. The van der Waals surface area contributed by atoms with Gasteiger partial charge in [0.05, 0.1) is 31.3 Å². The fourth-order valence-electron chi connectivity index (χ4n) is 3.92. The molecule has 1 unspecified atom stereocenters. The summed E-state index contributed by atoms with van der Waals surface area (Å²) in [4.78, 5) is 2.35. The van der Waals surface area contributed by atoms with Crippen LogP contribution in [0.3, 0.4) is 0 Å². The van der Waals surface area contributed by atoms with Crippen molar-refractivity contribution in [3.63, 3.8) is 0 Å². The van der Waals surface area contributed by atoms with E-state index in [2.05, 4.69) is 11.0 Å². The van der Waals surface area contributed by atoms with Crippen molar-refractivity contribution in [2.75, 3.05) is 44.4 Å². The molecule has 5 nitrogen and oxygen atoms in total. The molecule has 0 saturated carbocycles. The van der Waals surface area contributed by atoms with E-state index in [4.69, 9.17) is 21.1 Å². The highest BCUT2D eigenvalue weighted by atomic mass is 35.5. The molecule has 0 bridgehead atoms. The largest absolute Gasteiger partial charge is 0.493 e. The maximum atomic E-state index is 11.7. The zero-order valence-electron chi connectivity index (χ0n) is 16.3. The van der Waals surface area contributed by atoms with E-state index < -0.39 is 9.84 Å². The Morgan fingerprint density at radius 1 is 1.14 bits per heavy atom. The van der Waals surface area contributed by atoms with Gasteiger partial charge in [-0.2, -0.15) is 0 Å². The zero-order valence-corrected chi connectivity index (χ0v) is 17.9. The van der Waals surface area contributed by atoms with Gasteiger partial charge in [-0.1, -0.05) is 35.9 Å². The van der Waals surface area contributed by atoms with Crippen molar-refractivity contribution in [3.05, 3.63) is 53.1 Å². The Balaban J connectivity index is 1.56. The van der Waals surface area contributed by atoms with Crippen LogP contribution in [0.25, 0.3) is 11.1 Å². The SMILES string of the molecule is O=S1(=O)CCC(COc2ccc(-c3ccccc3Cl)cc2CN2CCOCC2)C1. The van der Waals surface area contributed by atoms with Crippen LogP contribution in [0.5, 0.6) is 5.75 Å². The van der Waals surface area contributed by atoms with Crippen molar-refractivity contribution >= 4 is 21.4 Å². The lowest BCUT2D eigenvalue weighted by molar-refractivity contribution is 0.0337. The van der Waals surface area contributed by atoms with E-state index in [0.29, 0.717) is 13.0 Å². The third kappa shape index (κ3) is 5.31. The number of nitrogens with zero attached hydrogens (tertiary/aromatic N) is 1. The quantitative estimate of drug-likeness (QED) is 0.693. The van der Waals surface area contributed by atoms with Gasteiger partial charge in [-0.25, -0.2) is 8.42 Å². The van der Waals surface area contributed by atoms with Gasteiger partial charge < -0.3 is 9.47 Å². The Kier molecular flexibility index (Phi) is 6.44. The summed E-state index contributed by atoms with van der Waals surface area (Å²) >= 11 is 6.40. The molecule has 0 N–H and O–H groups in total.